The zero-order chi connectivity index (χ0) is 14.4. The summed E-state index contributed by atoms with van der Waals surface area (Å²) in [5.74, 6) is 0. The number of amides is 1. The largest absolute Gasteiger partial charge is 0.445 e. The summed E-state index contributed by atoms with van der Waals surface area (Å²) in [6, 6.07) is 9.63. The summed E-state index contributed by atoms with van der Waals surface area (Å²) in [6.45, 7) is 3.70. The van der Waals surface area contributed by atoms with Crippen molar-refractivity contribution >= 4 is 6.09 Å². The van der Waals surface area contributed by atoms with Gasteiger partial charge in [-0.05, 0) is 18.9 Å². The molecule has 2 N–H and O–H groups in total. The Kier molecular flexibility index (Phi) is 4.98. The SMILES string of the molecule is CO[C@H]1CN[C@@](C)(CNC(=O)OCc2ccccc2)C1. The van der Waals surface area contributed by atoms with E-state index in [9.17, 15) is 4.79 Å². The molecule has 1 fully saturated rings. The maximum atomic E-state index is 11.7. The van der Waals surface area contributed by atoms with Gasteiger partial charge in [-0.25, -0.2) is 4.79 Å². The van der Waals surface area contributed by atoms with Gasteiger partial charge in [-0.1, -0.05) is 30.3 Å². The normalized spacial score (nSPS) is 25.4. The van der Waals surface area contributed by atoms with Gasteiger partial charge in [-0.3, -0.25) is 0 Å². The first-order valence-corrected chi connectivity index (χ1v) is 6.84. The zero-order valence-electron chi connectivity index (χ0n) is 12.0. The van der Waals surface area contributed by atoms with Crippen LogP contribution in [-0.2, 0) is 16.1 Å². The molecule has 0 unspecified atom stereocenters. The number of methoxy groups -OCH3 is 1. The van der Waals surface area contributed by atoms with Crippen molar-refractivity contribution in [1.29, 1.82) is 0 Å². The molecule has 0 spiro atoms. The topological polar surface area (TPSA) is 59.6 Å². The van der Waals surface area contributed by atoms with Gasteiger partial charge in [-0.2, -0.15) is 0 Å². The molecule has 0 aromatic heterocycles. The molecule has 110 valence electrons. The van der Waals surface area contributed by atoms with E-state index in [0.717, 1.165) is 18.5 Å². The Bertz CT molecular complexity index is 438. The highest BCUT2D eigenvalue weighted by Gasteiger charge is 2.34. The van der Waals surface area contributed by atoms with Gasteiger partial charge in [-0.15, -0.1) is 0 Å². The highest BCUT2D eigenvalue weighted by molar-refractivity contribution is 5.67. The van der Waals surface area contributed by atoms with Crippen LogP contribution in [0, 0.1) is 0 Å². The summed E-state index contributed by atoms with van der Waals surface area (Å²) in [4.78, 5) is 11.7. The monoisotopic (exact) mass is 278 g/mol. The number of ether oxygens (including phenoxy) is 2. The van der Waals surface area contributed by atoms with Crippen LogP contribution >= 0.6 is 0 Å². The summed E-state index contributed by atoms with van der Waals surface area (Å²) < 4.78 is 10.5. The van der Waals surface area contributed by atoms with Crippen LogP contribution in [0.4, 0.5) is 4.79 Å². The molecule has 0 radical (unpaired) electrons. The van der Waals surface area contributed by atoms with Crippen molar-refractivity contribution in [3.63, 3.8) is 0 Å². The van der Waals surface area contributed by atoms with Gasteiger partial charge in [0.2, 0.25) is 0 Å². The van der Waals surface area contributed by atoms with Crippen molar-refractivity contribution in [2.24, 2.45) is 0 Å². The fourth-order valence-electron chi connectivity index (χ4n) is 2.35. The first-order chi connectivity index (χ1) is 9.61. The lowest BCUT2D eigenvalue weighted by atomic mass is 9.99. The molecular weight excluding hydrogens is 256 g/mol. The van der Waals surface area contributed by atoms with Gasteiger partial charge >= 0.3 is 6.09 Å². The van der Waals surface area contributed by atoms with Crippen LogP contribution in [0.1, 0.15) is 18.9 Å². The Morgan fingerprint density at radius 1 is 1.45 bits per heavy atom. The molecule has 1 amide bonds. The van der Waals surface area contributed by atoms with Gasteiger partial charge in [0.05, 0.1) is 6.10 Å². The Labute approximate surface area is 119 Å². The van der Waals surface area contributed by atoms with E-state index >= 15 is 0 Å². The highest BCUT2D eigenvalue weighted by atomic mass is 16.5. The number of carbonyl (C=O) groups excluding carboxylic acids is 1. The van der Waals surface area contributed by atoms with Gasteiger partial charge in [0.1, 0.15) is 6.61 Å². The standard InChI is InChI=1S/C15H22N2O3/c1-15(8-13(19-2)9-17-15)11-16-14(18)20-10-12-6-4-3-5-7-12/h3-7,13,17H,8-11H2,1-2H3,(H,16,18)/t13-,15-/m1/s1. The quantitative estimate of drug-likeness (QED) is 0.860. The van der Waals surface area contributed by atoms with Crippen molar-refractivity contribution in [3.05, 3.63) is 35.9 Å². The number of carbonyl (C=O) groups is 1. The van der Waals surface area contributed by atoms with Crippen molar-refractivity contribution in [1.82, 2.24) is 10.6 Å². The summed E-state index contributed by atoms with van der Waals surface area (Å²) in [7, 11) is 1.71. The number of nitrogens with one attached hydrogen (secondary N) is 2. The van der Waals surface area contributed by atoms with Crippen LogP contribution < -0.4 is 10.6 Å². The molecule has 1 saturated heterocycles. The van der Waals surface area contributed by atoms with Crippen molar-refractivity contribution < 1.29 is 14.3 Å². The number of alkyl carbamates (subject to hydrolysis) is 1. The fraction of sp³-hybridized carbons (Fsp3) is 0.533. The third-order valence-corrected chi connectivity index (χ3v) is 3.60. The van der Waals surface area contributed by atoms with Crippen LogP contribution in [0.5, 0.6) is 0 Å². The molecule has 1 aliphatic rings. The van der Waals surface area contributed by atoms with Gasteiger partial charge < -0.3 is 20.1 Å². The Morgan fingerprint density at radius 2 is 2.20 bits per heavy atom. The van der Waals surface area contributed by atoms with E-state index in [1.165, 1.54) is 0 Å². The van der Waals surface area contributed by atoms with E-state index in [1.54, 1.807) is 7.11 Å². The first-order valence-electron chi connectivity index (χ1n) is 6.84. The maximum Gasteiger partial charge on any atom is 0.407 e. The third kappa shape index (κ3) is 4.21. The molecular formula is C15H22N2O3. The van der Waals surface area contributed by atoms with Crippen LogP contribution in [0.15, 0.2) is 30.3 Å². The molecule has 5 heteroatoms. The second kappa shape index (κ2) is 6.72. The molecule has 1 aliphatic heterocycles. The molecule has 0 bridgehead atoms. The Morgan fingerprint density at radius 3 is 2.85 bits per heavy atom. The van der Waals surface area contributed by atoms with Crippen LogP contribution in [0.3, 0.4) is 0 Å². The van der Waals surface area contributed by atoms with E-state index in [-0.39, 0.29) is 18.2 Å². The summed E-state index contributed by atoms with van der Waals surface area (Å²) in [5.41, 5.74) is 0.846. The molecule has 5 nitrogen and oxygen atoms in total. The number of rotatable bonds is 5. The van der Waals surface area contributed by atoms with Crippen molar-refractivity contribution in [2.75, 3.05) is 20.2 Å². The van der Waals surface area contributed by atoms with Gasteiger partial charge in [0, 0.05) is 25.7 Å². The van der Waals surface area contributed by atoms with Crippen LogP contribution in [0.25, 0.3) is 0 Å². The lowest BCUT2D eigenvalue weighted by Crippen LogP contribution is -2.47. The first kappa shape index (κ1) is 14.8. The van der Waals surface area contributed by atoms with Gasteiger partial charge in [0.25, 0.3) is 0 Å². The van der Waals surface area contributed by atoms with Crippen molar-refractivity contribution in [3.8, 4) is 0 Å². The molecule has 0 saturated carbocycles. The molecule has 20 heavy (non-hydrogen) atoms. The van der Waals surface area contributed by atoms with Gasteiger partial charge in [0.15, 0.2) is 0 Å². The minimum atomic E-state index is -0.391. The molecule has 1 heterocycles. The third-order valence-electron chi connectivity index (χ3n) is 3.60. The van der Waals surface area contributed by atoms with E-state index in [1.807, 2.05) is 30.3 Å². The van der Waals surface area contributed by atoms with E-state index < -0.39 is 6.09 Å². The molecule has 0 aliphatic carbocycles. The highest BCUT2D eigenvalue weighted by Crippen LogP contribution is 2.19. The number of benzene rings is 1. The maximum absolute atomic E-state index is 11.7. The lowest BCUT2D eigenvalue weighted by molar-refractivity contribution is 0.111. The van der Waals surface area contributed by atoms with E-state index in [2.05, 4.69) is 17.6 Å². The summed E-state index contributed by atoms with van der Waals surface area (Å²) >= 11 is 0. The van der Waals surface area contributed by atoms with Crippen LogP contribution in [-0.4, -0.2) is 37.9 Å². The average molecular weight is 278 g/mol. The predicted octanol–water partition coefficient (Wildman–Crippen LogP) is 1.68. The summed E-state index contributed by atoms with van der Waals surface area (Å²) in [6.07, 6.45) is 0.697. The Balaban J connectivity index is 1.70. The molecule has 1 aromatic carbocycles. The second-order valence-electron chi connectivity index (χ2n) is 5.42. The average Bonchev–Trinajstić information content (AvgIpc) is 2.86. The van der Waals surface area contributed by atoms with Crippen molar-refractivity contribution in [2.45, 2.75) is 31.6 Å². The zero-order valence-corrected chi connectivity index (χ0v) is 12.0. The lowest BCUT2D eigenvalue weighted by Gasteiger charge is -2.24. The molecule has 2 rings (SSSR count). The minimum Gasteiger partial charge on any atom is -0.445 e. The number of hydrogen-bond acceptors (Lipinski definition) is 4. The van der Waals surface area contributed by atoms with Crippen LogP contribution in [0.2, 0.25) is 0 Å². The Hall–Kier alpha value is -1.59. The predicted molar refractivity (Wildman–Crippen MR) is 76.5 cm³/mol. The smallest absolute Gasteiger partial charge is 0.407 e. The fourth-order valence-corrected chi connectivity index (χ4v) is 2.35. The molecule has 1 aromatic rings. The molecule has 2 atom stereocenters. The number of hydrogen-bond donors (Lipinski definition) is 2. The minimum absolute atomic E-state index is 0.132. The van der Waals surface area contributed by atoms with E-state index in [4.69, 9.17) is 9.47 Å². The summed E-state index contributed by atoms with van der Waals surface area (Å²) in [5, 5.41) is 6.17. The second-order valence-corrected chi connectivity index (χ2v) is 5.42. The van der Waals surface area contributed by atoms with E-state index in [0.29, 0.717) is 6.54 Å².